The standard InChI is InChI=1S/C15H21N3O3S/c1-11(15-17-13-4-2-3-5-14(13)21-15)18-8-6-12(7-9-18)10-22(16,19)20/h2-5,11-12H,6-10H2,1H3,(H2,16,19,20)/t11-/m1/s1. The molecule has 7 heteroatoms. The molecule has 1 aliphatic rings. The number of para-hydroxylation sites is 2. The second-order valence-corrected chi connectivity index (χ2v) is 7.66. The Labute approximate surface area is 130 Å². The van der Waals surface area contributed by atoms with Crippen LogP contribution in [0.3, 0.4) is 0 Å². The van der Waals surface area contributed by atoms with Crippen LogP contribution < -0.4 is 5.14 Å². The summed E-state index contributed by atoms with van der Waals surface area (Å²) in [4.78, 5) is 6.82. The summed E-state index contributed by atoms with van der Waals surface area (Å²) in [5.74, 6) is 0.950. The number of piperidine rings is 1. The number of fused-ring (bicyclic) bond motifs is 1. The molecule has 1 aromatic carbocycles. The van der Waals surface area contributed by atoms with Gasteiger partial charge in [-0.1, -0.05) is 12.1 Å². The predicted molar refractivity (Wildman–Crippen MR) is 84.7 cm³/mol. The molecule has 2 heterocycles. The van der Waals surface area contributed by atoms with Crippen molar-refractivity contribution >= 4 is 21.1 Å². The molecule has 0 unspecified atom stereocenters. The van der Waals surface area contributed by atoms with E-state index in [0.29, 0.717) is 5.89 Å². The molecule has 1 atom stereocenters. The molecule has 1 aliphatic heterocycles. The molecule has 3 rings (SSSR count). The molecule has 2 aromatic rings. The number of primary sulfonamides is 1. The van der Waals surface area contributed by atoms with Crippen LogP contribution in [0.4, 0.5) is 0 Å². The summed E-state index contributed by atoms with van der Waals surface area (Å²) in [5, 5.41) is 5.13. The third-order valence-electron chi connectivity index (χ3n) is 4.33. The molecule has 1 saturated heterocycles. The van der Waals surface area contributed by atoms with E-state index in [1.165, 1.54) is 0 Å². The zero-order valence-electron chi connectivity index (χ0n) is 12.6. The van der Waals surface area contributed by atoms with Crippen molar-refractivity contribution in [2.75, 3.05) is 18.8 Å². The fourth-order valence-electron chi connectivity index (χ4n) is 3.06. The Morgan fingerprint density at radius 3 is 2.68 bits per heavy atom. The molecule has 120 valence electrons. The van der Waals surface area contributed by atoms with Gasteiger partial charge in [-0.2, -0.15) is 0 Å². The summed E-state index contributed by atoms with van der Waals surface area (Å²) in [6, 6.07) is 7.81. The molecule has 1 aromatic heterocycles. The summed E-state index contributed by atoms with van der Waals surface area (Å²) in [6.45, 7) is 3.74. The lowest BCUT2D eigenvalue weighted by Gasteiger charge is -2.34. The fraction of sp³-hybridized carbons (Fsp3) is 0.533. The minimum atomic E-state index is -3.38. The maximum Gasteiger partial charge on any atom is 0.212 e. The Morgan fingerprint density at radius 2 is 2.05 bits per heavy atom. The fourth-order valence-corrected chi connectivity index (χ4v) is 4.05. The molecule has 0 saturated carbocycles. The summed E-state index contributed by atoms with van der Waals surface area (Å²) in [6.07, 6.45) is 1.67. The third kappa shape index (κ3) is 3.48. The highest BCUT2D eigenvalue weighted by molar-refractivity contribution is 7.89. The van der Waals surface area contributed by atoms with Crippen molar-refractivity contribution in [1.82, 2.24) is 9.88 Å². The summed E-state index contributed by atoms with van der Waals surface area (Å²) >= 11 is 0. The number of benzene rings is 1. The van der Waals surface area contributed by atoms with E-state index in [0.717, 1.165) is 37.0 Å². The largest absolute Gasteiger partial charge is 0.439 e. The zero-order chi connectivity index (χ0) is 15.7. The third-order valence-corrected chi connectivity index (χ3v) is 5.27. The molecule has 0 radical (unpaired) electrons. The molecule has 1 fully saturated rings. The smallest absolute Gasteiger partial charge is 0.212 e. The maximum absolute atomic E-state index is 11.2. The van der Waals surface area contributed by atoms with E-state index in [4.69, 9.17) is 9.56 Å². The Hall–Kier alpha value is -1.44. The molecule has 0 bridgehead atoms. The number of rotatable bonds is 4. The van der Waals surface area contributed by atoms with Gasteiger partial charge in [0, 0.05) is 0 Å². The van der Waals surface area contributed by atoms with Crippen LogP contribution in [-0.2, 0) is 10.0 Å². The van der Waals surface area contributed by atoms with Gasteiger partial charge in [0.15, 0.2) is 5.58 Å². The highest BCUT2D eigenvalue weighted by atomic mass is 32.2. The van der Waals surface area contributed by atoms with Crippen LogP contribution in [0, 0.1) is 5.92 Å². The van der Waals surface area contributed by atoms with Gasteiger partial charge in [0.2, 0.25) is 15.9 Å². The van der Waals surface area contributed by atoms with E-state index in [1.54, 1.807) is 0 Å². The molecule has 0 amide bonds. The Balaban J connectivity index is 1.65. The zero-order valence-corrected chi connectivity index (χ0v) is 13.4. The van der Waals surface area contributed by atoms with Crippen LogP contribution in [0.1, 0.15) is 31.7 Å². The van der Waals surface area contributed by atoms with Crippen LogP contribution in [-0.4, -0.2) is 37.1 Å². The maximum atomic E-state index is 11.2. The molecule has 22 heavy (non-hydrogen) atoms. The van der Waals surface area contributed by atoms with E-state index in [2.05, 4.69) is 16.8 Å². The summed E-state index contributed by atoms with van der Waals surface area (Å²) in [5.41, 5.74) is 1.67. The minimum Gasteiger partial charge on any atom is -0.439 e. The topological polar surface area (TPSA) is 89.4 Å². The normalized spacial score (nSPS) is 19.5. The van der Waals surface area contributed by atoms with Crippen molar-refractivity contribution in [3.05, 3.63) is 30.2 Å². The highest BCUT2D eigenvalue weighted by Crippen LogP contribution is 2.28. The lowest BCUT2D eigenvalue weighted by atomic mass is 9.98. The van der Waals surface area contributed by atoms with Gasteiger partial charge < -0.3 is 4.42 Å². The first-order valence-corrected chi connectivity index (χ1v) is 9.24. The lowest BCUT2D eigenvalue weighted by molar-refractivity contribution is 0.132. The lowest BCUT2D eigenvalue weighted by Crippen LogP contribution is -2.38. The van der Waals surface area contributed by atoms with Gasteiger partial charge in [0.05, 0.1) is 11.8 Å². The second-order valence-electron chi connectivity index (χ2n) is 6.00. The first kappa shape index (κ1) is 15.5. The van der Waals surface area contributed by atoms with Crippen LogP contribution in [0.15, 0.2) is 28.7 Å². The van der Waals surface area contributed by atoms with Crippen LogP contribution in [0.2, 0.25) is 0 Å². The average molecular weight is 323 g/mol. The van der Waals surface area contributed by atoms with E-state index in [9.17, 15) is 8.42 Å². The molecule has 2 N–H and O–H groups in total. The quantitative estimate of drug-likeness (QED) is 0.928. The number of likely N-dealkylation sites (tertiary alicyclic amines) is 1. The van der Waals surface area contributed by atoms with Gasteiger partial charge in [-0.05, 0) is 50.9 Å². The van der Waals surface area contributed by atoms with E-state index in [-0.39, 0.29) is 17.7 Å². The number of nitrogens with two attached hydrogens (primary N) is 1. The Morgan fingerprint density at radius 1 is 1.36 bits per heavy atom. The van der Waals surface area contributed by atoms with Crippen molar-refractivity contribution in [2.45, 2.75) is 25.8 Å². The molecular weight excluding hydrogens is 302 g/mol. The van der Waals surface area contributed by atoms with Gasteiger partial charge in [0.25, 0.3) is 0 Å². The van der Waals surface area contributed by atoms with Crippen LogP contribution >= 0.6 is 0 Å². The first-order valence-electron chi connectivity index (χ1n) is 7.52. The number of hydrogen-bond donors (Lipinski definition) is 1. The number of oxazole rings is 1. The Kier molecular flexibility index (Phi) is 4.20. The van der Waals surface area contributed by atoms with E-state index < -0.39 is 10.0 Å². The van der Waals surface area contributed by atoms with Gasteiger partial charge in [-0.25, -0.2) is 18.5 Å². The molecule has 0 spiro atoms. The van der Waals surface area contributed by atoms with Gasteiger partial charge in [-0.3, -0.25) is 4.90 Å². The molecular formula is C15H21N3O3S. The molecule has 0 aliphatic carbocycles. The van der Waals surface area contributed by atoms with Gasteiger partial charge >= 0.3 is 0 Å². The summed E-state index contributed by atoms with van der Waals surface area (Å²) < 4.78 is 28.2. The summed E-state index contributed by atoms with van der Waals surface area (Å²) in [7, 11) is -3.38. The van der Waals surface area contributed by atoms with Gasteiger partial charge in [-0.15, -0.1) is 0 Å². The highest BCUT2D eigenvalue weighted by Gasteiger charge is 2.27. The minimum absolute atomic E-state index is 0.0815. The Bertz CT molecular complexity index is 715. The van der Waals surface area contributed by atoms with Crippen molar-refractivity contribution in [3.63, 3.8) is 0 Å². The number of hydrogen-bond acceptors (Lipinski definition) is 5. The molecule has 6 nitrogen and oxygen atoms in total. The van der Waals surface area contributed by atoms with Crippen molar-refractivity contribution in [1.29, 1.82) is 0 Å². The van der Waals surface area contributed by atoms with E-state index >= 15 is 0 Å². The van der Waals surface area contributed by atoms with Crippen molar-refractivity contribution in [3.8, 4) is 0 Å². The van der Waals surface area contributed by atoms with Crippen molar-refractivity contribution in [2.24, 2.45) is 11.1 Å². The number of sulfonamides is 1. The van der Waals surface area contributed by atoms with Crippen LogP contribution in [0.5, 0.6) is 0 Å². The van der Waals surface area contributed by atoms with Crippen LogP contribution in [0.25, 0.3) is 11.1 Å². The predicted octanol–water partition coefficient (Wildman–Crippen LogP) is 1.89. The first-order chi connectivity index (χ1) is 10.4. The van der Waals surface area contributed by atoms with Crippen molar-refractivity contribution < 1.29 is 12.8 Å². The van der Waals surface area contributed by atoms with Gasteiger partial charge in [0.1, 0.15) is 5.52 Å². The average Bonchev–Trinajstić information content (AvgIpc) is 2.89. The second kappa shape index (κ2) is 5.98. The monoisotopic (exact) mass is 323 g/mol. The number of nitrogens with zero attached hydrogens (tertiary/aromatic N) is 2. The van der Waals surface area contributed by atoms with E-state index in [1.807, 2.05) is 24.3 Å². The number of aromatic nitrogens is 1. The SMILES string of the molecule is C[C@H](c1nc2ccccc2o1)N1CCC(CS(N)(=O)=O)CC1.